The molecule has 31 heavy (non-hydrogen) atoms. The molecule has 1 aliphatic rings. The van der Waals surface area contributed by atoms with E-state index in [2.05, 4.69) is 10.7 Å². The predicted octanol–water partition coefficient (Wildman–Crippen LogP) is 1.68. The van der Waals surface area contributed by atoms with E-state index in [-0.39, 0.29) is 18.5 Å². The fourth-order valence-corrected chi connectivity index (χ4v) is 3.08. The monoisotopic (exact) mass is 425 g/mol. The maximum absolute atomic E-state index is 12.5. The molecule has 0 spiro atoms. The Balaban J connectivity index is 1.49. The molecule has 1 saturated heterocycles. The van der Waals surface area contributed by atoms with Crippen molar-refractivity contribution in [3.05, 3.63) is 59.7 Å². The van der Waals surface area contributed by atoms with Crippen molar-refractivity contribution in [3.63, 3.8) is 0 Å². The molecular weight excluding hydrogens is 402 g/mol. The Hall–Kier alpha value is -3.88. The van der Waals surface area contributed by atoms with Crippen LogP contribution in [0.2, 0.25) is 0 Å². The van der Waals surface area contributed by atoms with Crippen LogP contribution in [0.1, 0.15) is 22.3 Å². The molecule has 0 radical (unpaired) electrons. The molecule has 0 unspecified atom stereocenters. The summed E-state index contributed by atoms with van der Waals surface area (Å²) in [5.74, 6) is -2.53. The Kier molecular flexibility index (Phi) is 6.86. The van der Waals surface area contributed by atoms with Gasteiger partial charge in [0.1, 0.15) is 5.75 Å². The van der Waals surface area contributed by atoms with Gasteiger partial charge in [-0.2, -0.15) is 0 Å². The zero-order chi connectivity index (χ0) is 22.4. The van der Waals surface area contributed by atoms with Crippen LogP contribution in [0.4, 0.5) is 5.69 Å². The van der Waals surface area contributed by atoms with Gasteiger partial charge in [0.2, 0.25) is 5.91 Å². The van der Waals surface area contributed by atoms with Gasteiger partial charge in [0.05, 0.1) is 25.1 Å². The predicted molar refractivity (Wildman–Crippen MR) is 111 cm³/mol. The number of benzene rings is 2. The van der Waals surface area contributed by atoms with Crippen LogP contribution in [0.15, 0.2) is 48.5 Å². The highest BCUT2D eigenvalue weighted by Gasteiger charge is 2.37. The lowest BCUT2D eigenvalue weighted by Crippen LogP contribution is -2.43. The van der Waals surface area contributed by atoms with E-state index in [1.54, 1.807) is 36.4 Å². The molecule has 1 atom stereocenters. The molecular formula is C22H23N3O6. The lowest BCUT2D eigenvalue weighted by atomic mass is 10.1. The van der Waals surface area contributed by atoms with E-state index in [0.29, 0.717) is 11.4 Å². The highest BCUT2D eigenvalue weighted by atomic mass is 16.5. The van der Waals surface area contributed by atoms with E-state index >= 15 is 0 Å². The van der Waals surface area contributed by atoms with Crippen molar-refractivity contribution in [3.8, 4) is 5.75 Å². The second-order valence-electron chi connectivity index (χ2n) is 7.07. The van der Waals surface area contributed by atoms with E-state index in [4.69, 9.17) is 9.47 Å². The van der Waals surface area contributed by atoms with Gasteiger partial charge in [0, 0.05) is 12.1 Å². The van der Waals surface area contributed by atoms with Crippen LogP contribution >= 0.6 is 0 Å². The van der Waals surface area contributed by atoms with Crippen molar-refractivity contribution in [2.45, 2.75) is 13.3 Å². The smallest absolute Gasteiger partial charge is 0.311 e. The summed E-state index contributed by atoms with van der Waals surface area (Å²) in [6, 6.07) is 13.8. The van der Waals surface area contributed by atoms with Gasteiger partial charge in [-0.05, 0) is 31.2 Å². The van der Waals surface area contributed by atoms with E-state index in [0.717, 1.165) is 10.6 Å². The summed E-state index contributed by atoms with van der Waals surface area (Å²) in [6.07, 6.45) is -0.120. The van der Waals surface area contributed by atoms with Crippen molar-refractivity contribution in [1.82, 2.24) is 10.4 Å². The normalized spacial score (nSPS) is 15.4. The van der Waals surface area contributed by atoms with Gasteiger partial charge in [0.25, 0.3) is 11.8 Å². The number of hydrazine groups is 1. The topological polar surface area (TPSA) is 114 Å². The van der Waals surface area contributed by atoms with E-state index < -0.39 is 36.2 Å². The number of anilines is 1. The Bertz CT molecular complexity index is 989. The Labute approximate surface area is 179 Å². The standard InChI is InChI=1S/C22H23N3O6/c1-14-7-9-16(10-8-14)23-19(26)13-31-22(29)15-11-20(27)25(12-15)24-21(28)17-5-3-4-6-18(17)30-2/h3-10,15H,11-13H2,1-2H3,(H,23,26)(H,24,28)/t15-/m1/s1. The van der Waals surface area contributed by atoms with E-state index in [9.17, 15) is 19.2 Å². The van der Waals surface area contributed by atoms with Gasteiger partial charge in [-0.15, -0.1) is 0 Å². The molecule has 0 aliphatic carbocycles. The van der Waals surface area contributed by atoms with Gasteiger partial charge < -0.3 is 14.8 Å². The molecule has 0 aromatic heterocycles. The van der Waals surface area contributed by atoms with Crippen molar-refractivity contribution in [2.75, 3.05) is 25.6 Å². The summed E-state index contributed by atoms with van der Waals surface area (Å²) in [7, 11) is 1.44. The number of esters is 1. The van der Waals surface area contributed by atoms with Crippen LogP contribution < -0.4 is 15.5 Å². The fourth-order valence-electron chi connectivity index (χ4n) is 3.08. The largest absolute Gasteiger partial charge is 0.496 e. The molecule has 162 valence electrons. The van der Waals surface area contributed by atoms with Crippen LogP contribution in [0.3, 0.4) is 0 Å². The summed E-state index contributed by atoms with van der Waals surface area (Å²) in [6.45, 7) is 1.42. The molecule has 3 amide bonds. The molecule has 1 fully saturated rings. The number of hydrogen-bond acceptors (Lipinski definition) is 6. The van der Waals surface area contributed by atoms with Crippen LogP contribution in [0.5, 0.6) is 5.75 Å². The fraction of sp³-hybridized carbons (Fsp3) is 0.273. The summed E-state index contributed by atoms with van der Waals surface area (Å²) in [4.78, 5) is 48.9. The van der Waals surface area contributed by atoms with Crippen molar-refractivity contribution in [2.24, 2.45) is 5.92 Å². The number of para-hydroxylation sites is 1. The van der Waals surface area contributed by atoms with Crippen molar-refractivity contribution >= 4 is 29.4 Å². The first kappa shape index (κ1) is 21.8. The molecule has 3 rings (SSSR count). The van der Waals surface area contributed by atoms with Crippen LogP contribution in [0.25, 0.3) is 0 Å². The van der Waals surface area contributed by atoms with Gasteiger partial charge in [-0.3, -0.25) is 29.6 Å². The number of carbonyl (C=O) groups excluding carboxylic acids is 4. The quantitative estimate of drug-likeness (QED) is 0.653. The zero-order valence-corrected chi connectivity index (χ0v) is 17.2. The Morgan fingerprint density at radius 1 is 1.10 bits per heavy atom. The number of ether oxygens (including phenoxy) is 2. The number of nitrogens with one attached hydrogen (secondary N) is 2. The molecule has 1 heterocycles. The number of nitrogens with zero attached hydrogens (tertiary/aromatic N) is 1. The molecule has 0 bridgehead atoms. The lowest BCUT2D eigenvalue weighted by molar-refractivity contribution is -0.151. The average Bonchev–Trinajstić information content (AvgIpc) is 3.13. The summed E-state index contributed by atoms with van der Waals surface area (Å²) < 4.78 is 10.2. The van der Waals surface area contributed by atoms with Crippen molar-refractivity contribution in [1.29, 1.82) is 0 Å². The Morgan fingerprint density at radius 3 is 2.52 bits per heavy atom. The molecule has 9 heteroatoms. The van der Waals surface area contributed by atoms with E-state index in [1.807, 2.05) is 19.1 Å². The first-order valence-corrected chi connectivity index (χ1v) is 9.65. The number of methoxy groups -OCH3 is 1. The third-order valence-corrected chi connectivity index (χ3v) is 4.73. The first-order valence-electron chi connectivity index (χ1n) is 9.65. The minimum Gasteiger partial charge on any atom is -0.496 e. The van der Waals surface area contributed by atoms with Crippen LogP contribution in [-0.2, 0) is 19.1 Å². The third kappa shape index (κ3) is 5.59. The molecule has 2 N–H and O–H groups in total. The van der Waals surface area contributed by atoms with Gasteiger partial charge in [-0.1, -0.05) is 29.8 Å². The molecule has 0 saturated carbocycles. The van der Waals surface area contributed by atoms with Gasteiger partial charge in [0.15, 0.2) is 6.61 Å². The maximum Gasteiger partial charge on any atom is 0.311 e. The maximum atomic E-state index is 12.5. The lowest BCUT2D eigenvalue weighted by Gasteiger charge is -2.18. The number of aryl methyl sites for hydroxylation is 1. The minimum absolute atomic E-state index is 0.0435. The summed E-state index contributed by atoms with van der Waals surface area (Å²) in [5, 5.41) is 3.70. The highest BCUT2D eigenvalue weighted by molar-refractivity contribution is 5.98. The Morgan fingerprint density at radius 2 is 1.81 bits per heavy atom. The van der Waals surface area contributed by atoms with Crippen molar-refractivity contribution < 1.29 is 28.7 Å². The minimum atomic E-state index is -0.780. The average molecular weight is 425 g/mol. The van der Waals surface area contributed by atoms with Crippen LogP contribution in [-0.4, -0.2) is 49.0 Å². The molecule has 2 aromatic rings. The number of amides is 3. The molecule has 1 aliphatic heterocycles. The first-order chi connectivity index (χ1) is 14.9. The molecule has 9 nitrogen and oxygen atoms in total. The second-order valence-corrected chi connectivity index (χ2v) is 7.07. The summed E-state index contributed by atoms with van der Waals surface area (Å²) >= 11 is 0. The number of carbonyl (C=O) groups is 4. The zero-order valence-electron chi connectivity index (χ0n) is 17.2. The third-order valence-electron chi connectivity index (χ3n) is 4.73. The SMILES string of the molecule is COc1ccccc1C(=O)NN1C[C@H](C(=O)OCC(=O)Nc2ccc(C)cc2)CC1=O. The summed E-state index contributed by atoms with van der Waals surface area (Å²) in [5.41, 5.74) is 4.39. The van der Waals surface area contributed by atoms with E-state index in [1.165, 1.54) is 7.11 Å². The van der Waals surface area contributed by atoms with Gasteiger partial charge >= 0.3 is 5.97 Å². The van der Waals surface area contributed by atoms with Crippen LogP contribution in [0, 0.1) is 12.8 Å². The molecule has 2 aromatic carbocycles. The highest BCUT2D eigenvalue weighted by Crippen LogP contribution is 2.20. The number of hydrogen-bond donors (Lipinski definition) is 2. The second kappa shape index (κ2) is 9.75. The van der Waals surface area contributed by atoms with Gasteiger partial charge in [-0.25, -0.2) is 0 Å². The number of rotatable bonds is 7.